The summed E-state index contributed by atoms with van der Waals surface area (Å²) in [5, 5.41) is 2.66. The summed E-state index contributed by atoms with van der Waals surface area (Å²) in [5.41, 5.74) is 2.49. The molecule has 3 rings (SSSR count). The molecule has 0 atom stereocenters. The van der Waals surface area contributed by atoms with E-state index >= 15 is 0 Å². The van der Waals surface area contributed by atoms with E-state index in [2.05, 4.69) is 5.32 Å². The molecule has 29 heavy (non-hydrogen) atoms. The first-order valence-electron chi connectivity index (χ1n) is 9.47. The van der Waals surface area contributed by atoms with Crippen LogP contribution in [0.1, 0.15) is 21.5 Å². The van der Waals surface area contributed by atoms with Crippen LogP contribution in [0.5, 0.6) is 0 Å². The zero-order valence-corrected chi connectivity index (χ0v) is 17.4. The van der Waals surface area contributed by atoms with Crippen LogP contribution in [-0.2, 0) is 14.8 Å². The van der Waals surface area contributed by atoms with E-state index in [9.17, 15) is 18.0 Å². The third kappa shape index (κ3) is 5.02. The van der Waals surface area contributed by atoms with Crippen LogP contribution >= 0.6 is 0 Å². The first-order valence-corrected chi connectivity index (χ1v) is 10.9. The zero-order chi connectivity index (χ0) is 21.0. The Hall–Kier alpha value is -2.71. The monoisotopic (exact) mass is 415 g/mol. The van der Waals surface area contributed by atoms with Crippen LogP contribution in [-0.4, -0.2) is 62.2 Å². The van der Waals surface area contributed by atoms with Crippen molar-refractivity contribution < 1.29 is 18.0 Å². The molecule has 1 N–H and O–H groups in total. The normalized spacial score (nSPS) is 15.2. The van der Waals surface area contributed by atoms with Crippen molar-refractivity contribution >= 4 is 21.8 Å². The van der Waals surface area contributed by atoms with Crippen LogP contribution in [0, 0.1) is 13.8 Å². The molecule has 0 aromatic heterocycles. The number of carbonyl (C=O) groups is 2. The van der Waals surface area contributed by atoms with Crippen molar-refractivity contribution in [2.24, 2.45) is 0 Å². The second-order valence-electron chi connectivity index (χ2n) is 7.16. The maximum atomic E-state index is 12.7. The third-order valence-corrected chi connectivity index (χ3v) is 6.77. The van der Waals surface area contributed by atoms with Gasteiger partial charge in [0.05, 0.1) is 11.4 Å². The zero-order valence-electron chi connectivity index (χ0n) is 16.6. The van der Waals surface area contributed by atoms with Crippen LogP contribution in [0.3, 0.4) is 0 Å². The number of hydrogen-bond donors (Lipinski definition) is 1. The van der Waals surface area contributed by atoms with Gasteiger partial charge >= 0.3 is 0 Å². The number of aryl methyl sites for hydroxylation is 2. The van der Waals surface area contributed by atoms with Crippen LogP contribution in [0.4, 0.5) is 0 Å². The largest absolute Gasteiger partial charge is 0.343 e. The fraction of sp³-hybridized carbons (Fsp3) is 0.333. The van der Waals surface area contributed by atoms with E-state index in [1.807, 2.05) is 19.9 Å². The topological polar surface area (TPSA) is 86.8 Å². The maximum absolute atomic E-state index is 12.7. The number of sulfonamides is 1. The summed E-state index contributed by atoms with van der Waals surface area (Å²) in [6.45, 7) is 4.77. The second-order valence-corrected chi connectivity index (χ2v) is 9.09. The maximum Gasteiger partial charge on any atom is 0.251 e. The number of nitrogens with one attached hydrogen (secondary N) is 1. The lowest BCUT2D eigenvalue weighted by Crippen LogP contribution is -2.52. The summed E-state index contributed by atoms with van der Waals surface area (Å²) in [7, 11) is -3.56. The average Bonchev–Trinajstić information content (AvgIpc) is 2.71. The number of benzene rings is 2. The van der Waals surface area contributed by atoms with Crippen LogP contribution in [0.25, 0.3) is 0 Å². The van der Waals surface area contributed by atoms with Gasteiger partial charge in [0.25, 0.3) is 5.91 Å². The van der Waals surface area contributed by atoms with Crippen molar-refractivity contribution in [3.05, 3.63) is 65.2 Å². The Morgan fingerprint density at radius 2 is 1.52 bits per heavy atom. The van der Waals surface area contributed by atoms with Crippen LogP contribution in [0.15, 0.2) is 53.4 Å². The minimum atomic E-state index is -3.56. The Bertz CT molecular complexity index is 978. The molecular weight excluding hydrogens is 390 g/mol. The average molecular weight is 416 g/mol. The lowest BCUT2D eigenvalue weighted by Gasteiger charge is -2.34. The number of carbonyl (C=O) groups excluding carboxylic acids is 2. The Morgan fingerprint density at radius 3 is 2.10 bits per heavy atom. The van der Waals surface area contributed by atoms with Crippen LogP contribution in [0.2, 0.25) is 0 Å². The molecule has 0 unspecified atom stereocenters. The van der Waals surface area contributed by atoms with Crippen molar-refractivity contribution in [3.63, 3.8) is 0 Å². The molecule has 2 aromatic rings. The molecule has 1 saturated heterocycles. The number of amides is 2. The predicted octanol–water partition coefficient (Wildman–Crippen LogP) is 1.57. The van der Waals surface area contributed by atoms with Gasteiger partial charge in [-0.1, -0.05) is 35.4 Å². The first kappa shape index (κ1) is 21.0. The fourth-order valence-electron chi connectivity index (χ4n) is 3.39. The van der Waals surface area contributed by atoms with Crippen molar-refractivity contribution in [1.82, 2.24) is 14.5 Å². The summed E-state index contributed by atoms with van der Waals surface area (Å²) >= 11 is 0. The summed E-state index contributed by atoms with van der Waals surface area (Å²) in [5.74, 6) is -0.519. The molecule has 0 saturated carbocycles. The number of nitrogens with zero attached hydrogens (tertiary/aromatic N) is 2. The fourth-order valence-corrected chi connectivity index (χ4v) is 4.84. The van der Waals surface area contributed by atoms with E-state index in [1.54, 1.807) is 47.4 Å². The molecule has 0 spiro atoms. The highest BCUT2D eigenvalue weighted by Gasteiger charge is 2.30. The molecule has 154 valence electrons. The van der Waals surface area contributed by atoms with Gasteiger partial charge in [-0.15, -0.1) is 0 Å². The van der Waals surface area contributed by atoms with Gasteiger partial charge in [-0.05, 0) is 38.1 Å². The molecule has 0 radical (unpaired) electrons. The summed E-state index contributed by atoms with van der Waals surface area (Å²) < 4.78 is 26.7. The molecule has 1 aliphatic heterocycles. The quantitative estimate of drug-likeness (QED) is 0.803. The van der Waals surface area contributed by atoms with E-state index in [0.717, 1.165) is 11.1 Å². The van der Waals surface area contributed by atoms with Gasteiger partial charge in [0.1, 0.15) is 0 Å². The van der Waals surface area contributed by atoms with Gasteiger partial charge in [0.15, 0.2) is 0 Å². The summed E-state index contributed by atoms with van der Waals surface area (Å²) in [6.07, 6.45) is 0. The predicted molar refractivity (Wildman–Crippen MR) is 110 cm³/mol. The summed E-state index contributed by atoms with van der Waals surface area (Å²) in [6, 6.07) is 13.8. The van der Waals surface area contributed by atoms with Gasteiger partial charge in [0, 0.05) is 31.7 Å². The van der Waals surface area contributed by atoms with E-state index in [4.69, 9.17) is 0 Å². The lowest BCUT2D eigenvalue weighted by atomic mass is 10.1. The molecule has 1 fully saturated rings. The summed E-state index contributed by atoms with van der Waals surface area (Å²) in [4.78, 5) is 26.6. The molecule has 0 bridgehead atoms. The molecule has 8 heteroatoms. The SMILES string of the molecule is Cc1cc(C)cc(C(=O)NCC(=O)N2CCN(S(=O)(=O)c3ccccc3)CC2)c1. The van der Waals surface area contributed by atoms with E-state index < -0.39 is 10.0 Å². The van der Waals surface area contributed by atoms with Crippen molar-refractivity contribution in [3.8, 4) is 0 Å². The van der Waals surface area contributed by atoms with E-state index in [0.29, 0.717) is 18.7 Å². The molecule has 7 nitrogen and oxygen atoms in total. The minimum absolute atomic E-state index is 0.114. The molecular formula is C21H25N3O4S. The van der Waals surface area contributed by atoms with E-state index in [1.165, 1.54) is 4.31 Å². The van der Waals surface area contributed by atoms with Gasteiger partial charge in [0.2, 0.25) is 15.9 Å². The van der Waals surface area contributed by atoms with Gasteiger partial charge < -0.3 is 10.2 Å². The third-order valence-electron chi connectivity index (χ3n) is 4.86. The Labute approximate surface area is 171 Å². The van der Waals surface area contributed by atoms with Crippen molar-refractivity contribution in [2.75, 3.05) is 32.7 Å². The minimum Gasteiger partial charge on any atom is -0.343 e. The van der Waals surface area contributed by atoms with Gasteiger partial charge in [-0.25, -0.2) is 8.42 Å². The Kier molecular flexibility index (Phi) is 6.34. The standard InChI is InChI=1S/C21H25N3O4S/c1-16-12-17(2)14-18(13-16)21(26)22-15-20(25)23-8-10-24(11-9-23)29(27,28)19-6-4-3-5-7-19/h3-7,12-14H,8-11,15H2,1-2H3,(H,22,26). The molecule has 2 amide bonds. The number of piperazine rings is 1. The highest BCUT2D eigenvalue weighted by atomic mass is 32.2. The Morgan fingerprint density at radius 1 is 0.931 bits per heavy atom. The van der Waals surface area contributed by atoms with Gasteiger partial charge in [-0.2, -0.15) is 4.31 Å². The molecule has 1 heterocycles. The highest BCUT2D eigenvalue weighted by Crippen LogP contribution is 2.17. The highest BCUT2D eigenvalue weighted by molar-refractivity contribution is 7.89. The van der Waals surface area contributed by atoms with Gasteiger partial charge in [-0.3, -0.25) is 9.59 Å². The number of rotatable bonds is 5. The second kappa shape index (κ2) is 8.75. The molecule has 1 aliphatic rings. The lowest BCUT2D eigenvalue weighted by molar-refractivity contribution is -0.131. The van der Waals surface area contributed by atoms with E-state index in [-0.39, 0.29) is 36.3 Å². The smallest absolute Gasteiger partial charge is 0.251 e. The molecule has 0 aliphatic carbocycles. The first-order chi connectivity index (χ1) is 13.8. The Balaban J connectivity index is 1.53. The molecule has 2 aromatic carbocycles. The number of hydrogen-bond acceptors (Lipinski definition) is 4. The van der Waals surface area contributed by atoms with Crippen molar-refractivity contribution in [1.29, 1.82) is 0 Å². The van der Waals surface area contributed by atoms with Crippen molar-refractivity contribution in [2.45, 2.75) is 18.7 Å². The van der Waals surface area contributed by atoms with Crippen LogP contribution < -0.4 is 5.32 Å².